The third-order valence-corrected chi connectivity index (χ3v) is 1.18. The lowest BCUT2D eigenvalue weighted by Gasteiger charge is -2.13. The molecule has 0 aromatic rings. The zero-order chi connectivity index (χ0) is 8.69. The van der Waals surface area contributed by atoms with Gasteiger partial charge in [-0.2, -0.15) is 0 Å². The second kappa shape index (κ2) is 6.58. The maximum atomic E-state index is 8.86. The van der Waals surface area contributed by atoms with E-state index in [4.69, 9.17) is 14.6 Å². The fourth-order valence-electron chi connectivity index (χ4n) is 0.635. The fraction of sp³-hybridized carbons (Fsp3) is 1.00. The summed E-state index contributed by atoms with van der Waals surface area (Å²) in [5.41, 5.74) is 0. The number of aliphatic hydroxyl groups excluding tert-OH is 1. The van der Waals surface area contributed by atoms with Crippen molar-refractivity contribution in [1.82, 2.24) is 0 Å². The second-order valence-corrected chi connectivity index (χ2v) is 2.65. The smallest absolute Gasteiger partial charge is 0.0781 e. The summed E-state index contributed by atoms with van der Waals surface area (Å²) in [4.78, 5) is 0. The molecule has 0 aliphatic rings. The summed E-state index contributed by atoms with van der Waals surface area (Å²) in [6, 6.07) is 0. The van der Waals surface area contributed by atoms with Gasteiger partial charge in [0, 0.05) is 6.61 Å². The molecule has 3 heteroatoms. The van der Waals surface area contributed by atoms with Crippen molar-refractivity contribution in [2.24, 2.45) is 0 Å². The molecule has 0 radical (unpaired) electrons. The van der Waals surface area contributed by atoms with Crippen LogP contribution in [-0.4, -0.2) is 37.1 Å². The summed E-state index contributed by atoms with van der Waals surface area (Å²) in [6.07, 6.45) is -0.316. The van der Waals surface area contributed by atoms with Crippen molar-refractivity contribution < 1.29 is 14.6 Å². The average Bonchev–Trinajstić information content (AvgIpc) is 1.97. The zero-order valence-electron chi connectivity index (χ0n) is 7.54. The summed E-state index contributed by atoms with van der Waals surface area (Å²) in [5.74, 6) is 0. The van der Waals surface area contributed by atoms with Crippen LogP contribution in [0, 0.1) is 0 Å². The van der Waals surface area contributed by atoms with E-state index in [9.17, 15) is 0 Å². The van der Waals surface area contributed by atoms with Gasteiger partial charge in [-0.15, -0.1) is 0 Å². The van der Waals surface area contributed by atoms with Crippen molar-refractivity contribution in [1.29, 1.82) is 0 Å². The first kappa shape index (κ1) is 10.9. The van der Waals surface area contributed by atoms with Crippen LogP contribution in [0.1, 0.15) is 20.8 Å². The largest absolute Gasteiger partial charge is 0.391 e. The molecule has 0 aromatic carbocycles. The fourth-order valence-corrected chi connectivity index (χ4v) is 0.635. The Morgan fingerprint density at radius 1 is 1.27 bits per heavy atom. The van der Waals surface area contributed by atoms with Crippen molar-refractivity contribution in [3.8, 4) is 0 Å². The Balaban J connectivity index is 3.15. The van der Waals surface area contributed by atoms with Gasteiger partial charge in [0.15, 0.2) is 0 Å². The second-order valence-electron chi connectivity index (χ2n) is 2.65. The molecule has 0 bridgehead atoms. The SMILES string of the molecule is CCOC[C@H](C)OC[C@@H](C)O. The predicted octanol–water partition coefficient (Wildman–Crippen LogP) is 0.809. The molecule has 0 fully saturated rings. The van der Waals surface area contributed by atoms with Crippen molar-refractivity contribution in [2.45, 2.75) is 33.0 Å². The molecule has 0 aromatic heterocycles. The van der Waals surface area contributed by atoms with Crippen molar-refractivity contribution >= 4 is 0 Å². The zero-order valence-corrected chi connectivity index (χ0v) is 7.54. The highest BCUT2D eigenvalue weighted by Gasteiger charge is 2.03. The molecular formula is C8H18O3. The molecule has 1 N–H and O–H groups in total. The van der Waals surface area contributed by atoms with Crippen LogP contribution in [0.2, 0.25) is 0 Å². The molecule has 0 aliphatic heterocycles. The Morgan fingerprint density at radius 2 is 1.91 bits per heavy atom. The minimum absolute atomic E-state index is 0.0737. The summed E-state index contributed by atoms with van der Waals surface area (Å²) < 4.78 is 10.4. The van der Waals surface area contributed by atoms with E-state index in [1.807, 2.05) is 13.8 Å². The number of hydrogen-bond donors (Lipinski definition) is 1. The molecule has 0 unspecified atom stereocenters. The molecule has 0 aliphatic carbocycles. The van der Waals surface area contributed by atoms with Gasteiger partial charge in [-0.3, -0.25) is 0 Å². The van der Waals surface area contributed by atoms with Gasteiger partial charge < -0.3 is 14.6 Å². The molecule has 0 saturated carbocycles. The minimum Gasteiger partial charge on any atom is -0.391 e. The molecule has 2 atom stereocenters. The molecule has 0 amide bonds. The van der Waals surface area contributed by atoms with Crippen LogP contribution in [0.25, 0.3) is 0 Å². The number of ether oxygens (including phenoxy) is 2. The van der Waals surface area contributed by atoms with Gasteiger partial charge in [0.25, 0.3) is 0 Å². The summed E-state index contributed by atoms with van der Waals surface area (Å²) in [5, 5.41) is 8.86. The Hall–Kier alpha value is -0.120. The van der Waals surface area contributed by atoms with Gasteiger partial charge in [-0.1, -0.05) is 0 Å². The summed E-state index contributed by atoms with van der Waals surface area (Å²) in [6.45, 7) is 7.27. The quantitative estimate of drug-likeness (QED) is 0.628. The monoisotopic (exact) mass is 162 g/mol. The molecule has 3 nitrogen and oxygen atoms in total. The standard InChI is InChI=1S/C8H18O3/c1-4-10-6-8(3)11-5-7(2)9/h7-9H,4-6H2,1-3H3/t7-,8+/m1/s1. The van der Waals surface area contributed by atoms with Crippen LogP contribution < -0.4 is 0 Å². The van der Waals surface area contributed by atoms with E-state index in [2.05, 4.69) is 0 Å². The van der Waals surface area contributed by atoms with E-state index >= 15 is 0 Å². The third-order valence-electron chi connectivity index (χ3n) is 1.18. The van der Waals surface area contributed by atoms with Crippen molar-refractivity contribution in [3.63, 3.8) is 0 Å². The lowest BCUT2D eigenvalue weighted by molar-refractivity contribution is -0.0344. The first-order valence-electron chi connectivity index (χ1n) is 4.04. The van der Waals surface area contributed by atoms with Crippen LogP contribution in [-0.2, 0) is 9.47 Å². The Kier molecular flexibility index (Phi) is 6.51. The number of rotatable bonds is 6. The van der Waals surface area contributed by atoms with Gasteiger partial charge in [0.05, 0.1) is 25.4 Å². The van der Waals surface area contributed by atoms with E-state index in [-0.39, 0.29) is 12.2 Å². The lowest BCUT2D eigenvalue weighted by Crippen LogP contribution is -2.21. The van der Waals surface area contributed by atoms with E-state index in [0.29, 0.717) is 19.8 Å². The van der Waals surface area contributed by atoms with Gasteiger partial charge in [0.2, 0.25) is 0 Å². The summed E-state index contributed by atoms with van der Waals surface area (Å²) in [7, 11) is 0. The minimum atomic E-state index is -0.390. The van der Waals surface area contributed by atoms with E-state index in [1.165, 1.54) is 0 Å². The third kappa shape index (κ3) is 7.78. The molecule has 0 spiro atoms. The topological polar surface area (TPSA) is 38.7 Å². The van der Waals surface area contributed by atoms with Gasteiger partial charge in [-0.05, 0) is 20.8 Å². The van der Waals surface area contributed by atoms with Crippen LogP contribution in [0.5, 0.6) is 0 Å². The number of hydrogen-bond acceptors (Lipinski definition) is 3. The van der Waals surface area contributed by atoms with E-state index in [1.54, 1.807) is 6.92 Å². The highest BCUT2D eigenvalue weighted by Crippen LogP contribution is 1.93. The maximum absolute atomic E-state index is 8.86. The Bertz CT molecular complexity index is 83.4. The predicted molar refractivity (Wildman–Crippen MR) is 43.6 cm³/mol. The maximum Gasteiger partial charge on any atom is 0.0781 e. The van der Waals surface area contributed by atoms with Crippen LogP contribution >= 0.6 is 0 Å². The first-order chi connectivity index (χ1) is 5.16. The van der Waals surface area contributed by atoms with Crippen LogP contribution in [0.4, 0.5) is 0 Å². The lowest BCUT2D eigenvalue weighted by atomic mass is 10.4. The van der Waals surface area contributed by atoms with Crippen LogP contribution in [0.3, 0.4) is 0 Å². The normalized spacial score (nSPS) is 16.4. The molecular weight excluding hydrogens is 144 g/mol. The van der Waals surface area contributed by atoms with Crippen LogP contribution in [0.15, 0.2) is 0 Å². The molecule has 0 rings (SSSR count). The van der Waals surface area contributed by atoms with Crippen molar-refractivity contribution in [2.75, 3.05) is 19.8 Å². The van der Waals surface area contributed by atoms with Gasteiger partial charge >= 0.3 is 0 Å². The van der Waals surface area contributed by atoms with Gasteiger partial charge in [0.1, 0.15) is 0 Å². The van der Waals surface area contributed by atoms with E-state index in [0.717, 1.165) is 0 Å². The molecule has 0 heterocycles. The average molecular weight is 162 g/mol. The molecule has 68 valence electrons. The first-order valence-corrected chi connectivity index (χ1v) is 4.04. The molecule has 11 heavy (non-hydrogen) atoms. The highest BCUT2D eigenvalue weighted by atomic mass is 16.5. The van der Waals surface area contributed by atoms with E-state index < -0.39 is 0 Å². The highest BCUT2D eigenvalue weighted by molar-refractivity contribution is 4.49. The molecule has 0 saturated heterocycles. The van der Waals surface area contributed by atoms with Crippen molar-refractivity contribution in [3.05, 3.63) is 0 Å². The number of aliphatic hydroxyl groups is 1. The van der Waals surface area contributed by atoms with Gasteiger partial charge in [-0.25, -0.2) is 0 Å². The summed E-state index contributed by atoms with van der Waals surface area (Å²) >= 11 is 0. The Morgan fingerprint density at radius 3 is 2.36 bits per heavy atom. The Labute approximate surface area is 68.3 Å².